The van der Waals surface area contributed by atoms with Gasteiger partial charge in [-0.3, -0.25) is 19.8 Å². The van der Waals surface area contributed by atoms with E-state index in [2.05, 4.69) is 9.80 Å². The molecule has 1 amide bonds. The first-order chi connectivity index (χ1) is 12.6. The molecule has 2 bridgehead atoms. The van der Waals surface area contributed by atoms with E-state index in [0.29, 0.717) is 24.6 Å². The maximum Gasteiger partial charge on any atom is 0.274 e. The Morgan fingerprint density at radius 3 is 3.00 bits per heavy atom. The van der Waals surface area contributed by atoms with E-state index in [9.17, 15) is 9.18 Å². The van der Waals surface area contributed by atoms with Gasteiger partial charge in [-0.1, -0.05) is 0 Å². The number of rotatable bonds is 4. The third-order valence-corrected chi connectivity index (χ3v) is 6.39. The normalized spacial score (nSPS) is 31.2. The lowest BCUT2D eigenvalue weighted by atomic mass is 9.94. The number of amides is 1. The lowest BCUT2D eigenvalue weighted by molar-refractivity contribution is -0.0658. The van der Waals surface area contributed by atoms with Gasteiger partial charge in [0.15, 0.2) is 0 Å². The molecule has 0 aromatic heterocycles. The van der Waals surface area contributed by atoms with E-state index in [1.54, 1.807) is 11.5 Å². The zero-order valence-corrected chi connectivity index (χ0v) is 14.7. The first-order valence-electron chi connectivity index (χ1n) is 9.45. The van der Waals surface area contributed by atoms with Crippen LogP contribution in [0.4, 0.5) is 4.39 Å². The van der Waals surface area contributed by atoms with Crippen molar-refractivity contribution in [3.8, 4) is 0 Å². The maximum atomic E-state index is 14.5. The second kappa shape index (κ2) is 5.99. The predicted molar refractivity (Wildman–Crippen MR) is 91.4 cm³/mol. The second-order valence-electron chi connectivity index (χ2n) is 8.25. The number of hydrogen-bond acceptors (Lipinski definition) is 5. The number of likely N-dealkylation sites (tertiary alicyclic amines) is 1. The number of ether oxygens (including phenoxy) is 1. The SMILES string of the molecule is O=C(NO)c1cc(F)c2c(c1)CCN(C[C@]13C[C@H](CO1)N(C1CC1)C3)C2. The number of nitrogens with one attached hydrogen (secondary N) is 1. The largest absolute Gasteiger partial charge is 0.371 e. The Kier molecular flexibility index (Phi) is 3.83. The summed E-state index contributed by atoms with van der Waals surface area (Å²) in [5.74, 6) is -1.05. The third kappa shape index (κ3) is 2.74. The van der Waals surface area contributed by atoms with Crippen LogP contribution in [0.25, 0.3) is 0 Å². The van der Waals surface area contributed by atoms with Gasteiger partial charge >= 0.3 is 0 Å². The van der Waals surface area contributed by atoms with Crippen molar-refractivity contribution in [1.29, 1.82) is 0 Å². The topological polar surface area (TPSA) is 65.0 Å². The monoisotopic (exact) mass is 361 g/mol. The van der Waals surface area contributed by atoms with Crippen LogP contribution in [0.5, 0.6) is 0 Å². The average molecular weight is 361 g/mol. The summed E-state index contributed by atoms with van der Waals surface area (Å²) < 4.78 is 20.7. The van der Waals surface area contributed by atoms with Crippen LogP contribution in [-0.4, -0.2) is 64.8 Å². The van der Waals surface area contributed by atoms with E-state index in [4.69, 9.17) is 9.94 Å². The molecule has 3 fully saturated rings. The number of hydroxylamine groups is 1. The van der Waals surface area contributed by atoms with Crippen molar-refractivity contribution in [3.05, 3.63) is 34.6 Å². The summed E-state index contributed by atoms with van der Waals surface area (Å²) in [6.07, 6.45) is 4.42. The highest BCUT2D eigenvalue weighted by molar-refractivity contribution is 5.93. The molecule has 140 valence electrons. The highest BCUT2D eigenvalue weighted by Gasteiger charge is 2.54. The Morgan fingerprint density at radius 2 is 2.23 bits per heavy atom. The number of nitrogens with zero attached hydrogens (tertiary/aromatic N) is 2. The van der Waals surface area contributed by atoms with Crippen molar-refractivity contribution in [2.75, 3.05) is 26.2 Å². The van der Waals surface area contributed by atoms with Gasteiger partial charge in [0.05, 0.1) is 12.2 Å². The molecule has 6 nitrogen and oxygen atoms in total. The number of carbonyl (C=O) groups excluding carboxylic acids is 1. The molecular formula is C19H24FN3O3. The van der Waals surface area contributed by atoms with Gasteiger partial charge in [-0.25, -0.2) is 9.87 Å². The van der Waals surface area contributed by atoms with Crippen LogP contribution >= 0.6 is 0 Å². The molecule has 3 heterocycles. The Bertz CT molecular complexity index is 754. The van der Waals surface area contributed by atoms with E-state index < -0.39 is 5.91 Å². The number of fused-ring (bicyclic) bond motifs is 3. The molecule has 7 heteroatoms. The van der Waals surface area contributed by atoms with Gasteiger partial charge in [0.25, 0.3) is 5.91 Å². The predicted octanol–water partition coefficient (Wildman–Crippen LogP) is 1.31. The molecule has 1 saturated carbocycles. The van der Waals surface area contributed by atoms with Gasteiger partial charge < -0.3 is 4.74 Å². The highest BCUT2D eigenvalue weighted by atomic mass is 19.1. The zero-order valence-electron chi connectivity index (χ0n) is 14.7. The quantitative estimate of drug-likeness (QED) is 0.625. The molecular weight excluding hydrogens is 337 g/mol. The molecule has 26 heavy (non-hydrogen) atoms. The van der Waals surface area contributed by atoms with Gasteiger partial charge in [0.2, 0.25) is 0 Å². The molecule has 0 spiro atoms. The Balaban J connectivity index is 1.31. The number of benzene rings is 1. The van der Waals surface area contributed by atoms with Gasteiger partial charge in [-0.15, -0.1) is 0 Å². The molecule has 4 aliphatic rings. The summed E-state index contributed by atoms with van der Waals surface area (Å²) in [6, 6.07) is 4.22. The minimum Gasteiger partial charge on any atom is -0.371 e. The summed E-state index contributed by atoms with van der Waals surface area (Å²) in [6.45, 7) is 4.04. The number of halogens is 1. The molecule has 0 unspecified atom stereocenters. The fourth-order valence-corrected chi connectivity index (χ4v) is 5.01. The van der Waals surface area contributed by atoms with Crippen LogP contribution in [0.3, 0.4) is 0 Å². The van der Waals surface area contributed by atoms with Crippen LogP contribution in [0, 0.1) is 5.82 Å². The van der Waals surface area contributed by atoms with E-state index in [1.807, 2.05) is 0 Å². The first-order valence-corrected chi connectivity index (χ1v) is 9.45. The van der Waals surface area contributed by atoms with Crippen LogP contribution in [0.1, 0.15) is 40.7 Å². The zero-order chi connectivity index (χ0) is 17.9. The van der Waals surface area contributed by atoms with Crippen molar-refractivity contribution >= 4 is 5.91 Å². The van der Waals surface area contributed by atoms with Gasteiger partial charge in [-0.2, -0.15) is 0 Å². The number of hydrogen-bond donors (Lipinski definition) is 2. The molecule has 5 rings (SSSR count). The molecule has 3 aliphatic heterocycles. The highest BCUT2D eigenvalue weighted by Crippen LogP contribution is 2.44. The summed E-state index contributed by atoms with van der Waals surface area (Å²) in [4.78, 5) is 16.5. The minimum absolute atomic E-state index is 0.0993. The Labute approximate surface area is 151 Å². The molecule has 0 radical (unpaired) electrons. The van der Waals surface area contributed by atoms with Crippen molar-refractivity contribution in [2.45, 2.75) is 49.9 Å². The first kappa shape index (κ1) is 16.6. The number of carbonyl (C=O) groups is 1. The minimum atomic E-state index is -0.676. The summed E-state index contributed by atoms with van der Waals surface area (Å²) in [5.41, 5.74) is 3.15. The lowest BCUT2D eigenvalue weighted by Crippen LogP contribution is -2.50. The lowest BCUT2D eigenvalue weighted by Gasteiger charge is -2.38. The Morgan fingerprint density at radius 1 is 1.38 bits per heavy atom. The fourth-order valence-electron chi connectivity index (χ4n) is 5.01. The molecule has 2 saturated heterocycles. The van der Waals surface area contributed by atoms with E-state index in [1.165, 1.54) is 18.9 Å². The second-order valence-corrected chi connectivity index (χ2v) is 8.25. The van der Waals surface area contributed by atoms with Crippen LogP contribution in [0.2, 0.25) is 0 Å². The van der Waals surface area contributed by atoms with Crippen molar-refractivity contribution in [3.63, 3.8) is 0 Å². The molecule has 2 N–H and O–H groups in total. The van der Waals surface area contributed by atoms with Crippen molar-refractivity contribution in [1.82, 2.24) is 15.3 Å². The summed E-state index contributed by atoms with van der Waals surface area (Å²) in [5, 5.41) is 8.76. The summed E-state index contributed by atoms with van der Waals surface area (Å²) in [7, 11) is 0. The van der Waals surface area contributed by atoms with E-state index in [-0.39, 0.29) is 17.0 Å². The fraction of sp³-hybridized carbons (Fsp3) is 0.632. The molecule has 2 atom stereocenters. The maximum absolute atomic E-state index is 14.5. The van der Waals surface area contributed by atoms with E-state index in [0.717, 1.165) is 44.3 Å². The molecule has 1 aromatic carbocycles. The smallest absolute Gasteiger partial charge is 0.274 e. The average Bonchev–Trinajstić information content (AvgIpc) is 3.34. The van der Waals surface area contributed by atoms with Crippen LogP contribution in [0.15, 0.2) is 12.1 Å². The standard InChI is InChI=1S/C19H24FN3O3/c20-17-6-13(18(24)21-25)5-12-3-4-22(8-16(12)17)10-19-7-15(9-26-19)23(11-19)14-1-2-14/h5-6,14-15,25H,1-4,7-11H2,(H,21,24)/t15-,19+/m1/s1. The third-order valence-electron chi connectivity index (χ3n) is 6.39. The van der Waals surface area contributed by atoms with E-state index >= 15 is 0 Å². The Hall–Kier alpha value is -1.54. The molecule has 1 aliphatic carbocycles. The van der Waals surface area contributed by atoms with Crippen molar-refractivity contribution < 1.29 is 19.1 Å². The van der Waals surface area contributed by atoms with Gasteiger partial charge in [0, 0.05) is 49.4 Å². The van der Waals surface area contributed by atoms with Crippen LogP contribution in [-0.2, 0) is 17.7 Å². The summed E-state index contributed by atoms with van der Waals surface area (Å²) >= 11 is 0. The van der Waals surface area contributed by atoms with Gasteiger partial charge in [0.1, 0.15) is 5.82 Å². The van der Waals surface area contributed by atoms with Gasteiger partial charge in [-0.05, 0) is 43.4 Å². The number of morpholine rings is 1. The van der Waals surface area contributed by atoms with Crippen molar-refractivity contribution in [2.24, 2.45) is 0 Å². The molecule has 1 aromatic rings. The van der Waals surface area contributed by atoms with Crippen LogP contribution < -0.4 is 5.48 Å².